The summed E-state index contributed by atoms with van der Waals surface area (Å²) in [4.78, 5) is 9.38. The van der Waals surface area contributed by atoms with Gasteiger partial charge in [-0.05, 0) is 60.6 Å². The Morgan fingerprint density at radius 3 is 2.55 bits per heavy atom. The molecule has 0 spiro atoms. The van der Waals surface area contributed by atoms with Crippen molar-refractivity contribution in [1.82, 2.24) is 14.8 Å². The molecule has 0 saturated carbocycles. The molecule has 4 aromatic rings. The van der Waals surface area contributed by atoms with Crippen molar-refractivity contribution in [3.05, 3.63) is 58.7 Å². The number of anilines is 2. The van der Waals surface area contributed by atoms with Gasteiger partial charge in [0.1, 0.15) is 18.4 Å². The molecule has 10 heteroatoms. The summed E-state index contributed by atoms with van der Waals surface area (Å²) in [6.45, 7) is 6.49. The smallest absolute Gasteiger partial charge is 0.161 e. The lowest BCUT2D eigenvalue weighted by atomic mass is 10.0. The molecule has 1 atom stereocenters. The van der Waals surface area contributed by atoms with Gasteiger partial charge in [0.15, 0.2) is 11.5 Å². The van der Waals surface area contributed by atoms with E-state index in [1.165, 1.54) is 0 Å². The van der Waals surface area contributed by atoms with E-state index in [2.05, 4.69) is 55.8 Å². The molecule has 8 nitrogen and oxygen atoms in total. The van der Waals surface area contributed by atoms with Crippen LogP contribution in [0, 0.1) is 18.3 Å². The van der Waals surface area contributed by atoms with Crippen LogP contribution in [-0.4, -0.2) is 72.9 Å². The van der Waals surface area contributed by atoms with Crippen LogP contribution in [0.25, 0.3) is 21.7 Å². The molecule has 1 N–H and O–H groups in total. The number of rotatable bonds is 8. The number of hydrogen-bond donors (Lipinski definition) is 1. The third kappa shape index (κ3) is 5.86. The number of methoxy groups -OCH3 is 2. The largest absolute Gasteiger partial charge is 0.496 e. The third-order valence-corrected chi connectivity index (χ3v) is 8.73. The number of nitriles is 1. The molecular formula is C30H31ClIN5O3. The number of halogens is 2. The number of fused-ring (bicyclic) bond motifs is 2. The number of pyridine rings is 1. The molecule has 40 heavy (non-hydrogen) atoms. The van der Waals surface area contributed by atoms with Gasteiger partial charge in [-0.3, -0.25) is 9.88 Å². The number of aryl methyl sites for hydroxylation is 1. The normalized spacial score (nSPS) is 16.2. The highest BCUT2D eigenvalue weighted by Crippen LogP contribution is 2.39. The van der Waals surface area contributed by atoms with Crippen molar-refractivity contribution < 1.29 is 14.2 Å². The molecule has 0 bridgehead atoms. The minimum atomic E-state index is 0.409. The molecular weight excluding hydrogens is 641 g/mol. The van der Waals surface area contributed by atoms with Crippen molar-refractivity contribution in [2.24, 2.45) is 0 Å². The summed E-state index contributed by atoms with van der Waals surface area (Å²) in [5.74, 6) is 2.05. The number of ether oxygens (including phenoxy) is 3. The molecule has 3 aromatic carbocycles. The average Bonchev–Trinajstić information content (AvgIpc) is 2.94. The summed E-state index contributed by atoms with van der Waals surface area (Å²) >= 11 is 9.06. The van der Waals surface area contributed by atoms with Gasteiger partial charge in [0.25, 0.3) is 0 Å². The highest BCUT2D eigenvalue weighted by molar-refractivity contribution is 14.1. The van der Waals surface area contributed by atoms with Crippen molar-refractivity contribution in [1.29, 1.82) is 5.26 Å². The summed E-state index contributed by atoms with van der Waals surface area (Å²) in [6.07, 6.45) is 1.58. The van der Waals surface area contributed by atoms with E-state index in [0.29, 0.717) is 49.9 Å². The lowest BCUT2D eigenvalue weighted by Gasteiger charge is -2.36. The molecule has 1 aromatic heterocycles. The van der Waals surface area contributed by atoms with Gasteiger partial charge in [-0.1, -0.05) is 34.2 Å². The monoisotopic (exact) mass is 671 g/mol. The van der Waals surface area contributed by atoms with E-state index in [1.54, 1.807) is 20.4 Å². The topological polar surface area (TPSA) is 82.9 Å². The van der Waals surface area contributed by atoms with Gasteiger partial charge in [0.2, 0.25) is 0 Å². The maximum Gasteiger partial charge on any atom is 0.161 e. The Morgan fingerprint density at radius 1 is 1.07 bits per heavy atom. The number of alkyl halides is 1. The minimum absolute atomic E-state index is 0.409. The standard InChI is InChI=1S/C30H31ClIN5O3/c1-18-9-23(31)25(14-26(18)38-3)35-30-21(15-33)16-34-24-11-20-13-28(27(39-4)12-19(20)10-22(24)30)40-8-7-37-6-5-36(2)17-29(37)32/h9-14,16,29H,5-8,17H2,1-4H3,(H,34,35). The van der Waals surface area contributed by atoms with Gasteiger partial charge in [0.05, 0.1) is 45.7 Å². The van der Waals surface area contributed by atoms with E-state index in [-0.39, 0.29) is 0 Å². The minimum Gasteiger partial charge on any atom is -0.496 e. The van der Waals surface area contributed by atoms with E-state index in [0.717, 1.165) is 53.4 Å². The van der Waals surface area contributed by atoms with Gasteiger partial charge in [-0.25, -0.2) is 0 Å². The van der Waals surface area contributed by atoms with Gasteiger partial charge in [-0.15, -0.1) is 0 Å². The Morgan fingerprint density at radius 2 is 1.82 bits per heavy atom. The maximum absolute atomic E-state index is 9.88. The Bertz CT molecular complexity index is 1610. The van der Waals surface area contributed by atoms with Crippen LogP contribution in [0.4, 0.5) is 11.4 Å². The first-order chi connectivity index (χ1) is 19.3. The number of hydrogen-bond acceptors (Lipinski definition) is 8. The molecule has 1 aliphatic heterocycles. The lowest BCUT2D eigenvalue weighted by Crippen LogP contribution is -2.50. The van der Waals surface area contributed by atoms with E-state index >= 15 is 0 Å². The lowest BCUT2D eigenvalue weighted by molar-refractivity contribution is 0.124. The Labute approximate surface area is 252 Å². The Kier molecular flexibility index (Phi) is 8.71. The highest BCUT2D eigenvalue weighted by Gasteiger charge is 2.22. The fourth-order valence-corrected chi connectivity index (χ4v) is 6.46. The van der Waals surface area contributed by atoms with Crippen molar-refractivity contribution in [3.8, 4) is 23.3 Å². The van der Waals surface area contributed by atoms with Crippen LogP contribution >= 0.6 is 34.2 Å². The van der Waals surface area contributed by atoms with Gasteiger partial charge in [-0.2, -0.15) is 5.26 Å². The molecule has 5 rings (SSSR count). The van der Waals surface area contributed by atoms with E-state index < -0.39 is 0 Å². The van der Waals surface area contributed by atoms with Crippen LogP contribution in [0.2, 0.25) is 5.02 Å². The van der Waals surface area contributed by atoms with Crippen LogP contribution in [0.15, 0.2) is 42.6 Å². The van der Waals surface area contributed by atoms with Crippen LogP contribution in [0.5, 0.6) is 17.2 Å². The van der Waals surface area contributed by atoms with Crippen LogP contribution in [0.1, 0.15) is 11.1 Å². The Hall–Kier alpha value is -3.04. The summed E-state index contributed by atoms with van der Waals surface area (Å²) in [5, 5.41) is 16.5. The Balaban J connectivity index is 1.48. The predicted octanol–water partition coefficient (Wildman–Crippen LogP) is 6.37. The molecule has 208 valence electrons. The molecule has 0 amide bonds. The highest BCUT2D eigenvalue weighted by atomic mass is 127. The molecule has 1 aliphatic rings. The second-order valence-electron chi connectivity index (χ2n) is 9.89. The summed E-state index contributed by atoms with van der Waals surface area (Å²) < 4.78 is 17.9. The van der Waals surface area contributed by atoms with Gasteiger partial charge < -0.3 is 24.4 Å². The number of nitrogens with zero attached hydrogens (tertiary/aromatic N) is 4. The molecule has 1 unspecified atom stereocenters. The number of aromatic nitrogens is 1. The van der Waals surface area contributed by atoms with Crippen molar-refractivity contribution in [3.63, 3.8) is 0 Å². The summed E-state index contributed by atoms with van der Waals surface area (Å²) in [5.41, 5.74) is 3.34. The van der Waals surface area contributed by atoms with Crippen LogP contribution < -0.4 is 19.5 Å². The number of nitrogens with one attached hydrogen (secondary N) is 1. The van der Waals surface area contributed by atoms with Crippen LogP contribution in [0.3, 0.4) is 0 Å². The van der Waals surface area contributed by atoms with Gasteiger partial charge >= 0.3 is 0 Å². The molecule has 1 saturated heterocycles. The first-order valence-corrected chi connectivity index (χ1v) is 14.6. The third-order valence-electron chi connectivity index (χ3n) is 7.24. The SMILES string of the molecule is COc1cc(Nc2c(C#N)cnc3cc4cc(OCCN5CCN(C)CC5I)c(OC)cc4cc23)c(Cl)cc1C. The van der Waals surface area contributed by atoms with E-state index in [4.69, 9.17) is 25.8 Å². The quantitative estimate of drug-likeness (QED) is 0.100. The number of piperazine rings is 1. The van der Waals surface area contributed by atoms with Crippen LogP contribution in [-0.2, 0) is 0 Å². The van der Waals surface area contributed by atoms with Gasteiger partial charge in [0, 0.05) is 43.8 Å². The van der Waals surface area contributed by atoms with Crippen molar-refractivity contribution in [2.45, 2.75) is 11.0 Å². The van der Waals surface area contributed by atoms with Crippen molar-refractivity contribution in [2.75, 3.05) is 59.4 Å². The fourth-order valence-electron chi connectivity index (χ4n) is 4.97. The molecule has 1 fully saturated rings. The molecule has 0 aliphatic carbocycles. The molecule has 2 heterocycles. The average molecular weight is 672 g/mol. The second-order valence-corrected chi connectivity index (χ2v) is 11.7. The predicted molar refractivity (Wildman–Crippen MR) is 169 cm³/mol. The fraction of sp³-hybridized carbons (Fsp3) is 0.333. The second kappa shape index (κ2) is 12.2. The molecule has 0 radical (unpaired) electrons. The zero-order valence-electron chi connectivity index (χ0n) is 22.9. The van der Waals surface area contributed by atoms with E-state index in [1.807, 2.05) is 43.3 Å². The summed E-state index contributed by atoms with van der Waals surface area (Å²) in [7, 11) is 5.42. The number of likely N-dealkylation sites (N-methyl/N-ethyl adjacent to an activating group) is 1. The summed E-state index contributed by atoms with van der Waals surface area (Å²) in [6, 6.07) is 13.9. The first-order valence-electron chi connectivity index (χ1n) is 13.0. The van der Waals surface area contributed by atoms with Crippen molar-refractivity contribution >= 4 is 67.2 Å². The van der Waals surface area contributed by atoms with E-state index in [9.17, 15) is 5.26 Å². The zero-order valence-corrected chi connectivity index (χ0v) is 25.8. The number of benzene rings is 3. The maximum atomic E-state index is 9.88. The first kappa shape index (κ1) is 28.5. The zero-order chi connectivity index (χ0) is 28.4.